The van der Waals surface area contributed by atoms with Gasteiger partial charge >= 0.3 is 0 Å². The lowest BCUT2D eigenvalue weighted by atomic mass is 9.99. The predicted molar refractivity (Wildman–Crippen MR) is 72.8 cm³/mol. The van der Waals surface area contributed by atoms with Gasteiger partial charge in [-0.3, -0.25) is 9.59 Å². The molecule has 0 unspecified atom stereocenters. The molecule has 1 fully saturated rings. The van der Waals surface area contributed by atoms with Crippen molar-refractivity contribution in [1.82, 2.24) is 14.8 Å². The van der Waals surface area contributed by atoms with Crippen LogP contribution in [0.5, 0.6) is 0 Å². The summed E-state index contributed by atoms with van der Waals surface area (Å²) in [6.45, 7) is 1.87. The van der Waals surface area contributed by atoms with Crippen molar-refractivity contribution in [1.29, 1.82) is 0 Å². The van der Waals surface area contributed by atoms with Crippen molar-refractivity contribution in [2.75, 3.05) is 0 Å². The summed E-state index contributed by atoms with van der Waals surface area (Å²) in [4.78, 5) is 27.8. The quantitative estimate of drug-likeness (QED) is 0.616. The van der Waals surface area contributed by atoms with Gasteiger partial charge in [-0.25, -0.2) is 9.67 Å². The normalized spacial score (nSPS) is 14.2. The van der Waals surface area contributed by atoms with Crippen molar-refractivity contribution in [3.63, 3.8) is 0 Å². The fourth-order valence-electron chi connectivity index (χ4n) is 2.25. The molecule has 3 rings (SSSR count). The number of aryl methyl sites for hydroxylation is 1. The van der Waals surface area contributed by atoms with Crippen LogP contribution >= 0.6 is 0 Å². The molecule has 5 heteroatoms. The van der Waals surface area contributed by atoms with Crippen LogP contribution in [0.1, 0.15) is 35.2 Å². The number of carbonyl (C=O) groups excluding carboxylic acids is 2. The number of hydrogen-bond donors (Lipinski definition) is 0. The van der Waals surface area contributed by atoms with E-state index in [1.807, 2.05) is 19.1 Å². The molecule has 1 heterocycles. The fraction of sp³-hybridized carbons (Fsp3) is 0.333. The highest BCUT2D eigenvalue weighted by molar-refractivity contribution is 6.09. The van der Waals surface area contributed by atoms with Crippen LogP contribution in [-0.2, 0) is 4.79 Å². The summed E-state index contributed by atoms with van der Waals surface area (Å²) in [7, 11) is 0. The zero-order chi connectivity index (χ0) is 14.1. The van der Waals surface area contributed by atoms with E-state index in [9.17, 15) is 9.59 Å². The van der Waals surface area contributed by atoms with Crippen LogP contribution in [0.3, 0.4) is 0 Å². The highest BCUT2D eigenvalue weighted by atomic mass is 16.1. The zero-order valence-corrected chi connectivity index (χ0v) is 11.2. The first-order chi connectivity index (χ1) is 9.65. The summed E-state index contributed by atoms with van der Waals surface area (Å²) in [5.74, 6) is 0.118. The number of aromatic nitrogens is 3. The molecule has 2 aromatic rings. The molecule has 0 amide bonds. The molecule has 0 N–H and O–H groups in total. The molecule has 0 atom stereocenters. The van der Waals surface area contributed by atoms with Gasteiger partial charge in [-0.15, -0.1) is 0 Å². The van der Waals surface area contributed by atoms with Gasteiger partial charge < -0.3 is 0 Å². The van der Waals surface area contributed by atoms with E-state index < -0.39 is 0 Å². The van der Waals surface area contributed by atoms with Crippen LogP contribution in [0.2, 0.25) is 0 Å². The van der Waals surface area contributed by atoms with E-state index in [1.165, 1.54) is 6.33 Å². The summed E-state index contributed by atoms with van der Waals surface area (Å²) >= 11 is 0. The molecule has 0 bridgehead atoms. The smallest absolute Gasteiger partial charge is 0.170 e. The molecule has 1 saturated carbocycles. The van der Waals surface area contributed by atoms with Crippen LogP contribution in [0, 0.1) is 12.8 Å². The molecule has 20 heavy (non-hydrogen) atoms. The molecule has 0 spiro atoms. The Balaban J connectivity index is 1.80. The van der Waals surface area contributed by atoms with Crippen LogP contribution in [0.15, 0.2) is 30.9 Å². The number of nitrogens with zero attached hydrogens (tertiary/aromatic N) is 3. The van der Waals surface area contributed by atoms with E-state index in [2.05, 4.69) is 10.1 Å². The Morgan fingerprint density at radius 2 is 2.15 bits per heavy atom. The van der Waals surface area contributed by atoms with E-state index in [0.717, 1.165) is 24.1 Å². The third-order valence-electron chi connectivity index (χ3n) is 3.56. The Bertz CT molecular complexity index is 658. The van der Waals surface area contributed by atoms with Gasteiger partial charge in [0.2, 0.25) is 0 Å². The third-order valence-corrected chi connectivity index (χ3v) is 3.56. The molecule has 0 radical (unpaired) electrons. The van der Waals surface area contributed by atoms with Gasteiger partial charge in [-0.05, 0) is 43.5 Å². The van der Waals surface area contributed by atoms with Crippen LogP contribution < -0.4 is 0 Å². The SMILES string of the molecule is Cc1cc(-n2cncn2)ccc1C(=O)CC(=O)C1CC1. The summed E-state index contributed by atoms with van der Waals surface area (Å²) in [5.41, 5.74) is 2.32. The number of rotatable bonds is 5. The highest BCUT2D eigenvalue weighted by Gasteiger charge is 2.30. The van der Waals surface area contributed by atoms with Crippen molar-refractivity contribution >= 4 is 11.6 Å². The monoisotopic (exact) mass is 269 g/mol. The third kappa shape index (κ3) is 2.52. The Morgan fingerprint density at radius 3 is 2.75 bits per heavy atom. The van der Waals surface area contributed by atoms with Crippen molar-refractivity contribution in [2.45, 2.75) is 26.2 Å². The minimum absolute atomic E-state index is 0.0220. The average Bonchev–Trinajstić information content (AvgIpc) is 3.14. The standard InChI is InChI=1S/C15H15N3O2/c1-10-6-12(18-9-16-8-17-18)4-5-13(10)15(20)7-14(19)11-2-3-11/h4-6,8-9,11H,2-3,7H2,1H3. The van der Waals surface area contributed by atoms with E-state index >= 15 is 0 Å². The molecule has 102 valence electrons. The highest BCUT2D eigenvalue weighted by Crippen LogP contribution is 2.31. The van der Waals surface area contributed by atoms with Crippen molar-refractivity contribution in [3.05, 3.63) is 42.0 Å². The summed E-state index contributed by atoms with van der Waals surface area (Å²) in [6.07, 6.45) is 4.97. The number of Topliss-reactive ketones (excluding diaryl/α,β-unsaturated/α-hetero) is 2. The summed E-state index contributed by atoms with van der Waals surface area (Å²) < 4.78 is 1.64. The first-order valence-electron chi connectivity index (χ1n) is 6.66. The fourth-order valence-corrected chi connectivity index (χ4v) is 2.25. The maximum absolute atomic E-state index is 12.2. The van der Waals surface area contributed by atoms with Gasteiger partial charge in [0.1, 0.15) is 18.4 Å². The maximum atomic E-state index is 12.2. The maximum Gasteiger partial charge on any atom is 0.170 e. The first kappa shape index (κ1) is 12.7. The second-order valence-corrected chi connectivity index (χ2v) is 5.18. The topological polar surface area (TPSA) is 64.8 Å². The number of carbonyl (C=O) groups is 2. The molecule has 1 aliphatic carbocycles. The lowest BCUT2D eigenvalue weighted by molar-refractivity contribution is -0.119. The first-order valence-corrected chi connectivity index (χ1v) is 6.66. The van der Waals surface area contributed by atoms with Crippen LogP contribution in [0.4, 0.5) is 0 Å². The van der Waals surface area contributed by atoms with Gasteiger partial charge in [-0.1, -0.05) is 0 Å². The van der Waals surface area contributed by atoms with Crippen molar-refractivity contribution in [2.24, 2.45) is 5.92 Å². The Kier molecular flexibility index (Phi) is 3.18. The second kappa shape index (κ2) is 5.00. The minimum Gasteiger partial charge on any atom is -0.299 e. The van der Waals surface area contributed by atoms with Gasteiger partial charge in [0.25, 0.3) is 0 Å². The van der Waals surface area contributed by atoms with Crippen molar-refractivity contribution < 1.29 is 9.59 Å². The van der Waals surface area contributed by atoms with Crippen LogP contribution in [-0.4, -0.2) is 26.3 Å². The number of benzene rings is 1. The summed E-state index contributed by atoms with van der Waals surface area (Å²) in [5, 5.41) is 4.05. The van der Waals surface area contributed by atoms with Crippen molar-refractivity contribution in [3.8, 4) is 5.69 Å². The predicted octanol–water partition coefficient (Wildman–Crippen LogP) is 2.13. The molecule has 1 aliphatic rings. The Hall–Kier alpha value is -2.30. The van der Waals surface area contributed by atoms with Crippen LogP contribution in [0.25, 0.3) is 5.69 Å². The van der Waals surface area contributed by atoms with E-state index in [1.54, 1.807) is 17.1 Å². The molecule has 0 aliphatic heterocycles. The Morgan fingerprint density at radius 1 is 1.35 bits per heavy atom. The molecule has 1 aromatic heterocycles. The van der Waals surface area contributed by atoms with Gasteiger partial charge in [0.05, 0.1) is 12.1 Å². The van der Waals surface area contributed by atoms with E-state index in [-0.39, 0.29) is 23.9 Å². The largest absolute Gasteiger partial charge is 0.299 e. The molecule has 0 saturated heterocycles. The van der Waals surface area contributed by atoms with Gasteiger partial charge in [0.15, 0.2) is 5.78 Å². The van der Waals surface area contributed by atoms with E-state index in [0.29, 0.717) is 5.56 Å². The second-order valence-electron chi connectivity index (χ2n) is 5.18. The zero-order valence-electron chi connectivity index (χ0n) is 11.2. The lowest BCUT2D eigenvalue weighted by Crippen LogP contribution is -2.11. The number of ketones is 2. The van der Waals surface area contributed by atoms with Gasteiger partial charge in [0, 0.05) is 11.5 Å². The molecule has 5 nitrogen and oxygen atoms in total. The Labute approximate surface area is 116 Å². The van der Waals surface area contributed by atoms with Gasteiger partial charge in [-0.2, -0.15) is 5.10 Å². The molecular weight excluding hydrogens is 254 g/mol. The molecule has 1 aromatic carbocycles. The lowest BCUT2D eigenvalue weighted by Gasteiger charge is -2.07. The summed E-state index contributed by atoms with van der Waals surface area (Å²) in [6, 6.07) is 5.45. The minimum atomic E-state index is -0.0930. The average molecular weight is 269 g/mol. The molecular formula is C15H15N3O2. The van der Waals surface area contributed by atoms with E-state index in [4.69, 9.17) is 0 Å². The number of hydrogen-bond acceptors (Lipinski definition) is 4.